The predicted octanol–water partition coefficient (Wildman–Crippen LogP) is 2.76. The molecule has 0 spiro atoms. The highest BCUT2D eigenvalue weighted by atomic mass is 16.3. The van der Waals surface area contributed by atoms with Gasteiger partial charge in [0.1, 0.15) is 5.76 Å². The summed E-state index contributed by atoms with van der Waals surface area (Å²) in [6.45, 7) is 7.78. The largest absolute Gasteiger partial charge is 0.469 e. The fourth-order valence-electron chi connectivity index (χ4n) is 1.33. The van der Waals surface area contributed by atoms with Gasteiger partial charge in [-0.25, -0.2) is 0 Å². The normalized spacial score (nSPS) is 13.5. The van der Waals surface area contributed by atoms with Crippen molar-refractivity contribution in [1.82, 2.24) is 5.32 Å². The van der Waals surface area contributed by atoms with Crippen molar-refractivity contribution in [2.45, 2.75) is 46.6 Å². The van der Waals surface area contributed by atoms with E-state index in [1.165, 1.54) is 0 Å². The Bertz CT molecular complexity index is 322. The van der Waals surface area contributed by atoms with Gasteiger partial charge in [-0.2, -0.15) is 0 Å². The van der Waals surface area contributed by atoms with Crippen molar-refractivity contribution >= 4 is 5.91 Å². The molecule has 0 radical (unpaired) electrons. The SMILES string of the molecule is C[C@H](CCc1ccco1)NC(=O)C(C)(C)C. The van der Waals surface area contributed by atoms with Gasteiger partial charge in [0.25, 0.3) is 0 Å². The molecule has 0 bridgehead atoms. The Kier molecular flexibility index (Phi) is 4.16. The number of furan rings is 1. The first-order chi connectivity index (χ1) is 7.39. The van der Waals surface area contributed by atoms with Gasteiger partial charge in [0.15, 0.2) is 0 Å². The Morgan fingerprint density at radius 1 is 1.50 bits per heavy atom. The number of nitrogens with one attached hydrogen (secondary N) is 1. The molecule has 0 saturated carbocycles. The van der Waals surface area contributed by atoms with Crippen molar-refractivity contribution in [3.8, 4) is 0 Å². The van der Waals surface area contributed by atoms with Gasteiger partial charge in [0, 0.05) is 17.9 Å². The minimum atomic E-state index is -0.320. The van der Waals surface area contributed by atoms with E-state index in [-0.39, 0.29) is 17.4 Å². The molecule has 0 unspecified atom stereocenters. The number of aryl methyl sites for hydroxylation is 1. The van der Waals surface area contributed by atoms with Crippen molar-refractivity contribution < 1.29 is 9.21 Å². The van der Waals surface area contributed by atoms with Gasteiger partial charge in [-0.15, -0.1) is 0 Å². The summed E-state index contributed by atoms with van der Waals surface area (Å²) in [4.78, 5) is 11.7. The van der Waals surface area contributed by atoms with Crippen LogP contribution in [0, 0.1) is 5.41 Å². The molecule has 0 fully saturated rings. The lowest BCUT2D eigenvalue weighted by molar-refractivity contribution is -0.129. The van der Waals surface area contributed by atoms with Crippen LogP contribution in [0.15, 0.2) is 22.8 Å². The van der Waals surface area contributed by atoms with Gasteiger partial charge in [0.05, 0.1) is 6.26 Å². The second-order valence-electron chi connectivity index (χ2n) is 5.24. The average Bonchev–Trinajstić information content (AvgIpc) is 2.65. The van der Waals surface area contributed by atoms with Crippen LogP contribution in [-0.4, -0.2) is 11.9 Å². The Hall–Kier alpha value is -1.25. The summed E-state index contributed by atoms with van der Waals surface area (Å²) in [5, 5.41) is 3.00. The highest BCUT2D eigenvalue weighted by molar-refractivity contribution is 5.81. The third-order valence-corrected chi connectivity index (χ3v) is 2.46. The number of carbonyl (C=O) groups excluding carboxylic acids is 1. The molecule has 16 heavy (non-hydrogen) atoms. The van der Waals surface area contributed by atoms with E-state index in [2.05, 4.69) is 5.32 Å². The zero-order valence-corrected chi connectivity index (χ0v) is 10.5. The summed E-state index contributed by atoms with van der Waals surface area (Å²) in [5.41, 5.74) is -0.320. The predicted molar refractivity (Wildman–Crippen MR) is 64.1 cm³/mol. The van der Waals surface area contributed by atoms with Crippen LogP contribution in [0.3, 0.4) is 0 Å². The molecule has 1 heterocycles. The van der Waals surface area contributed by atoms with Crippen molar-refractivity contribution in [1.29, 1.82) is 0 Å². The Labute approximate surface area is 97.2 Å². The number of hydrogen-bond acceptors (Lipinski definition) is 2. The fraction of sp³-hybridized carbons (Fsp3) is 0.615. The van der Waals surface area contributed by atoms with Crippen LogP contribution < -0.4 is 5.32 Å². The fourth-order valence-corrected chi connectivity index (χ4v) is 1.33. The standard InChI is InChI=1S/C13H21NO2/c1-10(14-12(15)13(2,3)4)7-8-11-6-5-9-16-11/h5-6,9-10H,7-8H2,1-4H3,(H,14,15)/t10-/m1/s1. The molecule has 0 aliphatic heterocycles. The van der Waals surface area contributed by atoms with E-state index in [4.69, 9.17) is 4.42 Å². The quantitative estimate of drug-likeness (QED) is 0.852. The van der Waals surface area contributed by atoms with Crippen LogP contribution in [0.1, 0.15) is 39.9 Å². The molecule has 1 rings (SSSR count). The zero-order valence-electron chi connectivity index (χ0n) is 10.5. The summed E-state index contributed by atoms with van der Waals surface area (Å²) in [7, 11) is 0. The molecule has 0 aliphatic rings. The maximum absolute atomic E-state index is 11.7. The van der Waals surface area contributed by atoms with E-state index < -0.39 is 0 Å². The average molecular weight is 223 g/mol. The topological polar surface area (TPSA) is 42.2 Å². The van der Waals surface area contributed by atoms with Gasteiger partial charge in [-0.1, -0.05) is 20.8 Å². The minimum absolute atomic E-state index is 0.0967. The molecular weight excluding hydrogens is 202 g/mol. The smallest absolute Gasteiger partial charge is 0.225 e. The molecule has 1 aromatic heterocycles. The molecule has 0 aromatic carbocycles. The van der Waals surface area contributed by atoms with Crippen LogP contribution in [0.2, 0.25) is 0 Å². The molecule has 1 amide bonds. The zero-order chi connectivity index (χ0) is 12.2. The van der Waals surface area contributed by atoms with E-state index in [1.54, 1.807) is 6.26 Å². The summed E-state index contributed by atoms with van der Waals surface area (Å²) in [6.07, 6.45) is 3.43. The molecule has 3 nitrogen and oxygen atoms in total. The van der Waals surface area contributed by atoms with E-state index in [0.29, 0.717) is 0 Å². The number of rotatable bonds is 4. The van der Waals surface area contributed by atoms with Gasteiger partial charge in [-0.3, -0.25) is 4.79 Å². The van der Waals surface area contributed by atoms with E-state index in [1.807, 2.05) is 39.8 Å². The molecule has 0 aliphatic carbocycles. The summed E-state index contributed by atoms with van der Waals surface area (Å²) >= 11 is 0. The number of carbonyl (C=O) groups is 1. The maximum atomic E-state index is 11.7. The maximum Gasteiger partial charge on any atom is 0.225 e. The summed E-state index contributed by atoms with van der Waals surface area (Å²) in [6, 6.07) is 4.02. The second kappa shape index (κ2) is 5.19. The van der Waals surface area contributed by atoms with Gasteiger partial charge in [0.2, 0.25) is 5.91 Å². The molecule has 1 N–H and O–H groups in total. The first-order valence-electron chi connectivity index (χ1n) is 5.73. The molecule has 1 atom stereocenters. The lowest BCUT2D eigenvalue weighted by Gasteiger charge is -2.21. The van der Waals surface area contributed by atoms with E-state index in [0.717, 1.165) is 18.6 Å². The molecule has 0 saturated heterocycles. The molecular formula is C13H21NO2. The third-order valence-electron chi connectivity index (χ3n) is 2.46. The van der Waals surface area contributed by atoms with Crippen LogP contribution in [0.4, 0.5) is 0 Å². The highest BCUT2D eigenvalue weighted by Crippen LogP contribution is 2.13. The van der Waals surface area contributed by atoms with Crippen LogP contribution in [0.5, 0.6) is 0 Å². The number of amides is 1. The van der Waals surface area contributed by atoms with Crippen molar-refractivity contribution in [3.63, 3.8) is 0 Å². The number of hydrogen-bond donors (Lipinski definition) is 1. The lowest BCUT2D eigenvalue weighted by atomic mass is 9.95. The van der Waals surface area contributed by atoms with Crippen molar-refractivity contribution in [2.75, 3.05) is 0 Å². The second-order valence-corrected chi connectivity index (χ2v) is 5.24. The highest BCUT2D eigenvalue weighted by Gasteiger charge is 2.22. The van der Waals surface area contributed by atoms with Gasteiger partial charge >= 0.3 is 0 Å². The van der Waals surface area contributed by atoms with Crippen molar-refractivity contribution in [2.24, 2.45) is 5.41 Å². The monoisotopic (exact) mass is 223 g/mol. The van der Waals surface area contributed by atoms with Crippen molar-refractivity contribution in [3.05, 3.63) is 24.2 Å². The first-order valence-corrected chi connectivity index (χ1v) is 5.73. The molecule has 3 heteroatoms. The van der Waals surface area contributed by atoms with E-state index >= 15 is 0 Å². The van der Waals surface area contributed by atoms with Crippen LogP contribution >= 0.6 is 0 Å². The van der Waals surface area contributed by atoms with Gasteiger partial charge < -0.3 is 9.73 Å². The third kappa shape index (κ3) is 4.09. The Balaban J connectivity index is 2.31. The minimum Gasteiger partial charge on any atom is -0.469 e. The van der Waals surface area contributed by atoms with Crippen LogP contribution in [-0.2, 0) is 11.2 Å². The molecule has 1 aromatic rings. The molecule has 90 valence electrons. The summed E-state index contributed by atoms with van der Waals surface area (Å²) in [5.74, 6) is 1.07. The van der Waals surface area contributed by atoms with E-state index in [9.17, 15) is 4.79 Å². The Morgan fingerprint density at radius 2 is 2.19 bits per heavy atom. The lowest BCUT2D eigenvalue weighted by Crippen LogP contribution is -2.40. The Morgan fingerprint density at radius 3 is 2.69 bits per heavy atom. The van der Waals surface area contributed by atoms with Crippen LogP contribution in [0.25, 0.3) is 0 Å². The summed E-state index contributed by atoms with van der Waals surface area (Å²) < 4.78 is 5.24. The van der Waals surface area contributed by atoms with Gasteiger partial charge in [-0.05, 0) is 25.5 Å². The first kappa shape index (κ1) is 12.8.